The van der Waals surface area contributed by atoms with Crippen molar-refractivity contribution < 1.29 is 27.9 Å². The molecule has 0 unspecified atom stereocenters. The monoisotopic (exact) mass is 468 g/mol. The lowest BCUT2D eigenvalue weighted by atomic mass is 9.99. The molecule has 0 aliphatic carbocycles. The minimum absolute atomic E-state index is 0.0344. The number of aliphatic hydroxyl groups excluding tert-OH is 1. The van der Waals surface area contributed by atoms with Crippen LogP contribution in [0.2, 0.25) is 0 Å². The van der Waals surface area contributed by atoms with Crippen LogP contribution in [0.4, 0.5) is 23.9 Å². The van der Waals surface area contributed by atoms with Crippen LogP contribution in [-0.2, 0) is 4.79 Å². The standard InChI is InChI=1S/C13H11F2NO2S.C8H8FNOS/c1-6-2-3-7(12(15)11(6)14)8-5-19-13(16)10(8)9(18)4-17;9-6-1-2-7(10)8(5-6)12-4-3-11/h2-3,5,17H,4,16H2,1H3;1-3,5H,4,10H2. The number of halogens is 3. The molecular formula is C21H19F3N2O3S2. The molecule has 5 nitrogen and oxygen atoms in total. The summed E-state index contributed by atoms with van der Waals surface area (Å²) < 4.78 is 40.1. The molecule has 0 radical (unpaired) electrons. The van der Waals surface area contributed by atoms with E-state index < -0.39 is 24.0 Å². The molecule has 1 aromatic heterocycles. The van der Waals surface area contributed by atoms with E-state index in [2.05, 4.69) is 0 Å². The Morgan fingerprint density at radius 3 is 2.48 bits per heavy atom. The maximum atomic E-state index is 13.9. The van der Waals surface area contributed by atoms with Crippen LogP contribution in [-0.4, -0.2) is 29.5 Å². The van der Waals surface area contributed by atoms with Gasteiger partial charge in [-0.2, -0.15) is 0 Å². The van der Waals surface area contributed by atoms with Crippen molar-refractivity contribution >= 4 is 45.9 Å². The first-order valence-electron chi connectivity index (χ1n) is 8.78. The highest BCUT2D eigenvalue weighted by Crippen LogP contribution is 2.36. The van der Waals surface area contributed by atoms with Crippen LogP contribution in [0.25, 0.3) is 11.1 Å². The van der Waals surface area contributed by atoms with E-state index in [0.29, 0.717) is 16.3 Å². The number of hydrogen-bond donors (Lipinski definition) is 3. The van der Waals surface area contributed by atoms with Crippen molar-refractivity contribution in [1.29, 1.82) is 0 Å². The molecule has 2 aromatic carbocycles. The Bertz CT molecular complexity index is 1100. The van der Waals surface area contributed by atoms with Crippen molar-refractivity contribution in [2.75, 3.05) is 23.8 Å². The van der Waals surface area contributed by atoms with Crippen LogP contribution in [0.5, 0.6) is 0 Å². The summed E-state index contributed by atoms with van der Waals surface area (Å²) in [5.41, 5.74) is 12.1. The van der Waals surface area contributed by atoms with E-state index in [4.69, 9.17) is 16.6 Å². The third-order valence-electron chi connectivity index (χ3n) is 4.09. The summed E-state index contributed by atoms with van der Waals surface area (Å²) >= 11 is 2.27. The van der Waals surface area contributed by atoms with Gasteiger partial charge in [0.15, 0.2) is 17.4 Å². The number of thiophene rings is 1. The van der Waals surface area contributed by atoms with Crippen LogP contribution in [0.1, 0.15) is 15.9 Å². The molecule has 0 atom stereocenters. The van der Waals surface area contributed by atoms with Gasteiger partial charge < -0.3 is 21.4 Å². The zero-order valence-corrected chi connectivity index (χ0v) is 18.0. The van der Waals surface area contributed by atoms with Crippen LogP contribution in [0.3, 0.4) is 0 Å². The summed E-state index contributed by atoms with van der Waals surface area (Å²) in [6.07, 6.45) is 0.759. The van der Waals surface area contributed by atoms with Gasteiger partial charge in [-0.3, -0.25) is 4.79 Å². The topological polar surface area (TPSA) is 106 Å². The van der Waals surface area contributed by atoms with Crippen LogP contribution in [0, 0.1) is 24.4 Å². The molecule has 0 saturated heterocycles. The molecule has 0 bridgehead atoms. The Morgan fingerprint density at radius 2 is 1.84 bits per heavy atom. The third-order valence-corrected chi connectivity index (χ3v) is 5.87. The number of rotatable bonds is 6. The van der Waals surface area contributed by atoms with Crippen LogP contribution >= 0.6 is 23.1 Å². The zero-order chi connectivity index (χ0) is 23.1. The Labute approximate surface area is 184 Å². The number of carbonyl (C=O) groups excluding carboxylic acids is 2. The van der Waals surface area contributed by atoms with Crippen molar-refractivity contribution in [1.82, 2.24) is 0 Å². The van der Waals surface area contributed by atoms with Crippen molar-refractivity contribution in [2.24, 2.45) is 0 Å². The number of aliphatic hydroxyl groups is 1. The van der Waals surface area contributed by atoms with E-state index >= 15 is 0 Å². The molecule has 3 rings (SSSR count). The molecular weight excluding hydrogens is 449 g/mol. The van der Waals surface area contributed by atoms with Crippen LogP contribution in [0.15, 0.2) is 40.6 Å². The number of ketones is 1. The Morgan fingerprint density at radius 1 is 1.13 bits per heavy atom. The zero-order valence-electron chi connectivity index (χ0n) is 16.3. The molecule has 0 spiro atoms. The summed E-state index contributed by atoms with van der Waals surface area (Å²) in [5, 5.41) is 10.6. The fraction of sp³-hybridized carbons (Fsp3) is 0.143. The van der Waals surface area contributed by atoms with Gasteiger partial charge in [0, 0.05) is 27.1 Å². The van der Waals surface area contributed by atoms with E-state index in [1.54, 1.807) is 0 Å². The Kier molecular flexibility index (Phi) is 8.66. The smallest absolute Gasteiger partial charge is 0.191 e. The van der Waals surface area contributed by atoms with Gasteiger partial charge in [0.05, 0.1) is 16.3 Å². The fourth-order valence-electron chi connectivity index (χ4n) is 2.55. The number of nitrogens with two attached hydrogens (primary N) is 2. The average molecular weight is 469 g/mol. The second-order valence-electron chi connectivity index (χ2n) is 6.19. The SMILES string of the molecule is Cc1ccc(-c2csc(N)c2C(=O)CO)c(F)c1F.Nc1ccc(F)cc1SCC=O. The van der Waals surface area contributed by atoms with E-state index in [0.717, 1.165) is 17.6 Å². The highest BCUT2D eigenvalue weighted by molar-refractivity contribution is 8.00. The number of nitrogen functional groups attached to an aromatic ring is 2. The number of aldehydes is 1. The number of aryl methyl sites for hydroxylation is 1. The highest BCUT2D eigenvalue weighted by Gasteiger charge is 2.22. The summed E-state index contributed by atoms with van der Waals surface area (Å²) in [6.45, 7) is 0.716. The molecule has 0 amide bonds. The summed E-state index contributed by atoms with van der Waals surface area (Å²) in [7, 11) is 0. The lowest BCUT2D eigenvalue weighted by molar-refractivity contribution is -0.105. The highest BCUT2D eigenvalue weighted by atomic mass is 32.2. The van der Waals surface area contributed by atoms with E-state index in [9.17, 15) is 22.8 Å². The van der Waals surface area contributed by atoms with E-state index in [-0.39, 0.29) is 33.1 Å². The average Bonchev–Trinajstić information content (AvgIpc) is 3.13. The first kappa shape index (κ1) is 24.4. The fourth-order valence-corrected chi connectivity index (χ4v) is 4.06. The number of Topliss-reactive ketones (excluding diaryl/α,β-unsaturated/α-hetero) is 1. The molecule has 164 valence electrons. The number of anilines is 2. The van der Waals surface area contributed by atoms with E-state index in [1.807, 2.05) is 0 Å². The number of benzene rings is 2. The van der Waals surface area contributed by atoms with Gasteiger partial charge in [-0.15, -0.1) is 23.1 Å². The first-order valence-corrected chi connectivity index (χ1v) is 10.6. The minimum Gasteiger partial charge on any atom is -0.398 e. The summed E-state index contributed by atoms with van der Waals surface area (Å²) in [5.74, 6) is -2.63. The predicted molar refractivity (Wildman–Crippen MR) is 118 cm³/mol. The third kappa shape index (κ3) is 5.87. The van der Waals surface area contributed by atoms with Gasteiger partial charge in [0.1, 0.15) is 18.7 Å². The second kappa shape index (κ2) is 11.0. The number of thioether (sulfide) groups is 1. The molecule has 5 N–H and O–H groups in total. The Balaban J connectivity index is 0.000000245. The number of carbonyl (C=O) groups is 2. The quantitative estimate of drug-likeness (QED) is 0.214. The molecule has 0 aliphatic rings. The van der Waals surface area contributed by atoms with Gasteiger partial charge in [0.25, 0.3) is 0 Å². The van der Waals surface area contributed by atoms with E-state index in [1.165, 1.54) is 54.4 Å². The molecule has 3 aromatic rings. The first-order chi connectivity index (χ1) is 14.7. The predicted octanol–water partition coefficient (Wildman–Crippen LogP) is 4.46. The molecule has 1 heterocycles. The van der Waals surface area contributed by atoms with Crippen LogP contribution < -0.4 is 11.5 Å². The largest absolute Gasteiger partial charge is 0.398 e. The van der Waals surface area contributed by atoms with Gasteiger partial charge in [-0.1, -0.05) is 12.1 Å². The maximum Gasteiger partial charge on any atom is 0.191 e. The summed E-state index contributed by atoms with van der Waals surface area (Å²) in [6, 6.07) is 6.92. The maximum absolute atomic E-state index is 13.9. The van der Waals surface area contributed by atoms with Gasteiger partial charge in [-0.05, 0) is 30.7 Å². The molecule has 31 heavy (non-hydrogen) atoms. The molecule has 0 fully saturated rings. The lowest BCUT2D eigenvalue weighted by Gasteiger charge is -2.07. The van der Waals surface area contributed by atoms with Crippen molar-refractivity contribution in [3.05, 3.63) is 64.3 Å². The lowest BCUT2D eigenvalue weighted by Crippen LogP contribution is -2.07. The molecule has 0 saturated carbocycles. The molecule has 10 heteroatoms. The van der Waals surface area contributed by atoms with Crippen molar-refractivity contribution in [2.45, 2.75) is 11.8 Å². The second-order valence-corrected chi connectivity index (χ2v) is 8.16. The van der Waals surface area contributed by atoms with Crippen molar-refractivity contribution in [3.63, 3.8) is 0 Å². The van der Waals surface area contributed by atoms with Gasteiger partial charge in [-0.25, -0.2) is 13.2 Å². The summed E-state index contributed by atoms with van der Waals surface area (Å²) in [4.78, 5) is 22.2. The molecule has 0 aliphatic heterocycles. The van der Waals surface area contributed by atoms with Gasteiger partial charge >= 0.3 is 0 Å². The minimum atomic E-state index is -1.02. The number of hydrogen-bond acceptors (Lipinski definition) is 7. The normalized spacial score (nSPS) is 10.4. The van der Waals surface area contributed by atoms with Crippen molar-refractivity contribution in [3.8, 4) is 11.1 Å². The van der Waals surface area contributed by atoms with Gasteiger partial charge in [0.2, 0.25) is 0 Å². The Hall–Kier alpha value is -2.82.